The van der Waals surface area contributed by atoms with Crippen molar-refractivity contribution in [2.45, 2.75) is 11.3 Å². The molecule has 0 atom stereocenters. The molecule has 1 aromatic carbocycles. The summed E-state index contributed by atoms with van der Waals surface area (Å²) in [4.78, 5) is 11.1. The van der Waals surface area contributed by atoms with Crippen molar-refractivity contribution in [3.05, 3.63) is 29.6 Å². The Balaban J connectivity index is 2.99. The minimum Gasteiger partial charge on any atom is -0.481 e. The maximum atomic E-state index is 12.7. The fourth-order valence-electron chi connectivity index (χ4n) is 1.03. The third kappa shape index (κ3) is 2.73. The molecule has 1 N–H and O–H groups in total. The lowest BCUT2D eigenvalue weighted by molar-refractivity contribution is -0.136. The zero-order valence-electron chi connectivity index (χ0n) is 7.08. The molecule has 0 spiro atoms. The van der Waals surface area contributed by atoms with Gasteiger partial charge in [-0.25, -0.2) is 4.39 Å². The number of rotatable bonds is 3. The lowest BCUT2D eigenvalue weighted by Crippen LogP contribution is -2.01. The van der Waals surface area contributed by atoms with E-state index < -0.39 is 5.97 Å². The van der Waals surface area contributed by atoms with Gasteiger partial charge in [0.25, 0.3) is 0 Å². The Morgan fingerprint density at radius 1 is 1.62 bits per heavy atom. The van der Waals surface area contributed by atoms with E-state index in [1.807, 2.05) is 0 Å². The molecule has 0 unspecified atom stereocenters. The summed E-state index contributed by atoms with van der Waals surface area (Å²) >= 11 is 1.35. The Morgan fingerprint density at radius 3 is 2.85 bits per heavy atom. The minimum absolute atomic E-state index is 0.0591. The van der Waals surface area contributed by atoms with Crippen LogP contribution in [0.25, 0.3) is 0 Å². The third-order valence-electron chi connectivity index (χ3n) is 1.59. The number of hydrogen-bond donors (Lipinski definition) is 1. The van der Waals surface area contributed by atoms with Gasteiger partial charge < -0.3 is 5.11 Å². The molecule has 0 saturated heterocycles. The Kier molecular flexibility index (Phi) is 3.31. The first kappa shape index (κ1) is 10.1. The Hall–Kier alpha value is -1.03. The largest absolute Gasteiger partial charge is 0.481 e. The highest BCUT2D eigenvalue weighted by atomic mass is 32.2. The number of hydrogen-bond acceptors (Lipinski definition) is 2. The van der Waals surface area contributed by atoms with Gasteiger partial charge in [-0.15, -0.1) is 11.8 Å². The standard InChI is InChI=1S/C9H9FO2S/c1-13-8-5-7(10)3-2-6(8)4-9(11)12/h2-3,5H,4H2,1H3,(H,11,12). The van der Waals surface area contributed by atoms with Crippen molar-refractivity contribution >= 4 is 17.7 Å². The van der Waals surface area contributed by atoms with E-state index in [9.17, 15) is 9.18 Å². The summed E-state index contributed by atoms with van der Waals surface area (Å²) in [5, 5.41) is 8.55. The Morgan fingerprint density at radius 2 is 2.31 bits per heavy atom. The number of benzene rings is 1. The van der Waals surface area contributed by atoms with Crippen molar-refractivity contribution in [2.24, 2.45) is 0 Å². The molecular weight excluding hydrogens is 191 g/mol. The van der Waals surface area contributed by atoms with Crippen LogP contribution in [0.4, 0.5) is 4.39 Å². The molecule has 0 aliphatic carbocycles. The van der Waals surface area contributed by atoms with Gasteiger partial charge >= 0.3 is 5.97 Å². The van der Waals surface area contributed by atoms with E-state index >= 15 is 0 Å². The van der Waals surface area contributed by atoms with E-state index in [0.29, 0.717) is 10.5 Å². The number of carboxylic acid groups (broad SMARTS) is 1. The van der Waals surface area contributed by atoms with Crippen LogP contribution in [0.1, 0.15) is 5.56 Å². The molecule has 70 valence electrons. The first-order valence-corrected chi connectivity index (χ1v) is 4.90. The summed E-state index contributed by atoms with van der Waals surface area (Å²) in [7, 11) is 0. The molecule has 0 saturated carbocycles. The van der Waals surface area contributed by atoms with Gasteiger partial charge in [-0.1, -0.05) is 6.07 Å². The Labute approximate surface area is 79.8 Å². The maximum Gasteiger partial charge on any atom is 0.307 e. The first-order valence-electron chi connectivity index (χ1n) is 3.67. The van der Waals surface area contributed by atoms with E-state index in [-0.39, 0.29) is 12.2 Å². The van der Waals surface area contributed by atoms with Gasteiger partial charge in [-0.2, -0.15) is 0 Å². The second kappa shape index (κ2) is 4.28. The van der Waals surface area contributed by atoms with E-state index in [1.54, 1.807) is 6.26 Å². The van der Waals surface area contributed by atoms with E-state index in [2.05, 4.69) is 0 Å². The minimum atomic E-state index is -0.901. The molecule has 0 fully saturated rings. The van der Waals surface area contributed by atoms with Gasteiger partial charge in [0, 0.05) is 4.90 Å². The average molecular weight is 200 g/mol. The second-order valence-corrected chi connectivity index (χ2v) is 3.37. The SMILES string of the molecule is CSc1cc(F)ccc1CC(=O)O. The normalized spacial score (nSPS) is 10.0. The molecule has 0 amide bonds. The van der Waals surface area contributed by atoms with Crippen molar-refractivity contribution in [1.82, 2.24) is 0 Å². The number of thioether (sulfide) groups is 1. The fraction of sp³-hybridized carbons (Fsp3) is 0.222. The predicted molar refractivity (Wildman–Crippen MR) is 49.5 cm³/mol. The fourth-order valence-corrected chi connectivity index (χ4v) is 1.66. The van der Waals surface area contributed by atoms with Gasteiger partial charge in [-0.3, -0.25) is 4.79 Å². The van der Waals surface area contributed by atoms with Gasteiger partial charge in [-0.05, 0) is 24.0 Å². The molecule has 1 aromatic rings. The van der Waals surface area contributed by atoms with Crippen molar-refractivity contribution in [1.29, 1.82) is 0 Å². The molecule has 1 rings (SSSR count). The molecule has 0 radical (unpaired) electrons. The highest BCUT2D eigenvalue weighted by molar-refractivity contribution is 7.98. The highest BCUT2D eigenvalue weighted by Crippen LogP contribution is 2.21. The van der Waals surface area contributed by atoms with Crippen LogP contribution in [0.15, 0.2) is 23.1 Å². The quantitative estimate of drug-likeness (QED) is 0.760. The van der Waals surface area contributed by atoms with Crippen molar-refractivity contribution in [3.63, 3.8) is 0 Å². The van der Waals surface area contributed by atoms with E-state index in [1.165, 1.54) is 30.0 Å². The summed E-state index contributed by atoms with van der Waals surface area (Å²) < 4.78 is 12.7. The summed E-state index contributed by atoms with van der Waals surface area (Å²) in [5.74, 6) is -1.24. The molecule has 0 aliphatic rings. The van der Waals surface area contributed by atoms with Crippen molar-refractivity contribution in [2.75, 3.05) is 6.26 Å². The van der Waals surface area contributed by atoms with Crippen molar-refractivity contribution < 1.29 is 14.3 Å². The summed E-state index contributed by atoms with van der Waals surface area (Å²) in [6, 6.07) is 4.14. The number of carboxylic acids is 1. The summed E-state index contributed by atoms with van der Waals surface area (Å²) in [5.41, 5.74) is 0.654. The van der Waals surface area contributed by atoms with Crippen LogP contribution in [0.5, 0.6) is 0 Å². The predicted octanol–water partition coefficient (Wildman–Crippen LogP) is 2.17. The average Bonchev–Trinajstić information content (AvgIpc) is 2.07. The van der Waals surface area contributed by atoms with Gasteiger partial charge in [0.1, 0.15) is 5.82 Å². The third-order valence-corrected chi connectivity index (χ3v) is 2.41. The molecule has 2 nitrogen and oxygen atoms in total. The Bertz CT molecular complexity index is 325. The zero-order valence-corrected chi connectivity index (χ0v) is 7.90. The van der Waals surface area contributed by atoms with Crippen LogP contribution in [0.3, 0.4) is 0 Å². The number of halogens is 1. The smallest absolute Gasteiger partial charge is 0.307 e. The van der Waals surface area contributed by atoms with Crippen LogP contribution in [-0.2, 0) is 11.2 Å². The first-order chi connectivity index (χ1) is 6.13. The lowest BCUT2D eigenvalue weighted by Gasteiger charge is -2.03. The highest BCUT2D eigenvalue weighted by Gasteiger charge is 2.06. The monoisotopic (exact) mass is 200 g/mol. The zero-order chi connectivity index (χ0) is 9.84. The van der Waals surface area contributed by atoms with Gasteiger partial charge in [0.2, 0.25) is 0 Å². The van der Waals surface area contributed by atoms with E-state index in [0.717, 1.165) is 0 Å². The molecule has 4 heteroatoms. The van der Waals surface area contributed by atoms with Crippen LogP contribution in [0, 0.1) is 5.82 Å². The van der Waals surface area contributed by atoms with Crippen LogP contribution < -0.4 is 0 Å². The number of aliphatic carboxylic acids is 1. The molecule has 13 heavy (non-hydrogen) atoms. The number of carbonyl (C=O) groups is 1. The van der Waals surface area contributed by atoms with Crippen LogP contribution in [-0.4, -0.2) is 17.3 Å². The summed E-state index contributed by atoms with van der Waals surface area (Å²) in [6.07, 6.45) is 1.73. The van der Waals surface area contributed by atoms with Gasteiger partial charge in [0.15, 0.2) is 0 Å². The van der Waals surface area contributed by atoms with E-state index in [4.69, 9.17) is 5.11 Å². The maximum absolute atomic E-state index is 12.7. The lowest BCUT2D eigenvalue weighted by atomic mass is 10.1. The molecule has 0 heterocycles. The van der Waals surface area contributed by atoms with Crippen molar-refractivity contribution in [3.8, 4) is 0 Å². The molecular formula is C9H9FO2S. The summed E-state index contributed by atoms with van der Waals surface area (Å²) in [6.45, 7) is 0. The topological polar surface area (TPSA) is 37.3 Å². The molecule has 0 aliphatic heterocycles. The molecule has 0 bridgehead atoms. The molecule has 0 aromatic heterocycles. The second-order valence-electron chi connectivity index (χ2n) is 2.53. The van der Waals surface area contributed by atoms with Crippen LogP contribution in [0.2, 0.25) is 0 Å². The van der Waals surface area contributed by atoms with Gasteiger partial charge in [0.05, 0.1) is 6.42 Å². The van der Waals surface area contributed by atoms with Crippen LogP contribution >= 0.6 is 11.8 Å².